The maximum Gasteiger partial charge on any atom is 0.456 e. The summed E-state index contributed by atoms with van der Waals surface area (Å²) < 4.78 is 69.9. The molecule has 1 amide bonds. The smallest absolute Gasteiger partial charge is 0.456 e. The molecular formula is C19H18F5N5O2S. The van der Waals surface area contributed by atoms with Crippen molar-refractivity contribution in [2.45, 2.75) is 30.8 Å². The van der Waals surface area contributed by atoms with Crippen molar-refractivity contribution in [3.05, 3.63) is 30.9 Å². The Balaban J connectivity index is 2.01. The highest BCUT2D eigenvalue weighted by molar-refractivity contribution is 7.99. The van der Waals surface area contributed by atoms with Crippen LogP contribution >= 0.6 is 11.8 Å². The van der Waals surface area contributed by atoms with Gasteiger partial charge in [0.05, 0.1) is 18.1 Å². The van der Waals surface area contributed by atoms with E-state index in [1.54, 1.807) is 13.1 Å². The fraction of sp³-hybridized carbons (Fsp3) is 0.368. The van der Waals surface area contributed by atoms with Crippen LogP contribution in [0.5, 0.6) is 5.88 Å². The number of fused-ring (bicyclic) bond motifs is 1. The molecule has 0 radical (unpaired) electrons. The third-order valence-electron chi connectivity index (χ3n) is 4.44. The minimum atomic E-state index is -5.74. The van der Waals surface area contributed by atoms with Crippen LogP contribution in [-0.2, 0) is 4.79 Å². The molecule has 13 heteroatoms. The molecule has 0 unspecified atom stereocenters. The van der Waals surface area contributed by atoms with Gasteiger partial charge in [0.1, 0.15) is 11.2 Å². The van der Waals surface area contributed by atoms with E-state index in [4.69, 9.17) is 4.74 Å². The number of pyridine rings is 1. The van der Waals surface area contributed by atoms with Crippen molar-refractivity contribution >= 4 is 28.9 Å². The lowest BCUT2D eigenvalue weighted by atomic mass is 10.3. The fourth-order valence-corrected chi connectivity index (χ4v) is 3.46. The second-order valence-corrected chi connectivity index (χ2v) is 7.92. The predicted octanol–water partition coefficient (Wildman–Crippen LogP) is 4.46. The summed E-state index contributed by atoms with van der Waals surface area (Å²) in [5, 5.41) is 0. The molecule has 0 aliphatic rings. The Morgan fingerprint density at radius 1 is 1.19 bits per heavy atom. The summed E-state index contributed by atoms with van der Waals surface area (Å²) in [5.41, 5.74) is 1.10. The highest BCUT2D eigenvalue weighted by Gasteiger charge is 2.58. The molecule has 3 aromatic rings. The van der Waals surface area contributed by atoms with Gasteiger partial charge >= 0.3 is 12.1 Å². The second-order valence-electron chi connectivity index (χ2n) is 6.61. The first-order valence-corrected chi connectivity index (χ1v) is 10.2. The van der Waals surface area contributed by atoms with E-state index in [1.807, 2.05) is 6.92 Å². The number of ether oxygens (including phenoxy) is 1. The van der Waals surface area contributed by atoms with Crippen LogP contribution in [-0.4, -0.2) is 56.8 Å². The van der Waals surface area contributed by atoms with E-state index >= 15 is 0 Å². The van der Waals surface area contributed by atoms with Gasteiger partial charge in [-0.2, -0.15) is 22.0 Å². The zero-order chi connectivity index (χ0) is 23.7. The third-order valence-corrected chi connectivity index (χ3v) is 5.35. The van der Waals surface area contributed by atoms with Crippen molar-refractivity contribution in [3.8, 4) is 17.4 Å². The van der Waals surface area contributed by atoms with Crippen LogP contribution in [0.25, 0.3) is 17.0 Å². The van der Waals surface area contributed by atoms with Crippen LogP contribution < -0.4 is 9.64 Å². The molecule has 0 bridgehead atoms. The largest absolute Gasteiger partial charge is 0.469 e. The molecule has 172 valence electrons. The molecule has 0 atom stereocenters. The van der Waals surface area contributed by atoms with E-state index in [0.29, 0.717) is 27.9 Å². The van der Waals surface area contributed by atoms with Gasteiger partial charge in [-0.1, -0.05) is 6.92 Å². The van der Waals surface area contributed by atoms with Gasteiger partial charge in [0, 0.05) is 31.3 Å². The molecule has 0 aromatic carbocycles. The van der Waals surface area contributed by atoms with Crippen LogP contribution in [0, 0.1) is 0 Å². The molecule has 7 nitrogen and oxygen atoms in total. The molecule has 32 heavy (non-hydrogen) atoms. The zero-order valence-electron chi connectivity index (χ0n) is 17.2. The van der Waals surface area contributed by atoms with Gasteiger partial charge < -0.3 is 9.64 Å². The van der Waals surface area contributed by atoms with Gasteiger partial charge in [0.15, 0.2) is 12.4 Å². The summed E-state index contributed by atoms with van der Waals surface area (Å²) in [6, 6.07) is 1.77. The van der Waals surface area contributed by atoms with Crippen molar-refractivity contribution in [2.24, 2.45) is 0 Å². The molecule has 0 saturated carbocycles. The number of nitrogens with zero attached hydrogens (tertiary/aromatic N) is 5. The molecule has 0 spiro atoms. The molecule has 0 fully saturated rings. The Morgan fingerprint density at radius 2 is 1.91 bits per heavy atom. The number of amides is 1. The maximum absolute atomic E-state index is 13.2. The number of thioether (sulfide) groups is 1. The number of carbonyl (C=O) groups excluding carboxylic acids is 1. The normalized spacial score (nSPS) is 12.2. The molecule has 3 rings (SSSR count). The molecule has 0 aliphatic heterocycles. The summed E-state index contributed by atoms with van der Waals surface area (Å²) in [7, 11) is 1.61. The molecule has 0 N–H and O–H groups in total. The van der Waals surface area contributed by atoms with Crippen LogP contribution in [0.2, 0.25) is 0 Å². The Hall–Kier alpha value is -2.96. The second kappa shape index (κ2) is 8.88. The average Bonchev–Trinajstić information content (AvgIpc) is 3.15. The maximum atomic E-state index is 13.2. The van der Waals surface area contributed by atoms with Gasteiger partial charge in [-0.25, -0.2) is 15.0 Å². The summed E-state index contributed by atoms with van der Waals surface area (Å²) in [5.74, 6) is -4.64. The van der Waals surface area contributed by atoms with E-state index in [1.165, 1.54) is 52.8 Å². The first-order chi connectivity index (χ1) is 15.0. The van der Waals surface area contributed by atoms with Crippen molar-refractivity contribution in [3.63, 3.8) is 0 Å². The van der Waals surface area contributed by atoms with Crippen LogP contribution in [0.15, 0.2) is 35.7 Å². The summed E-state index contributed by atoms with van der Waals surface area (Å²) in [6.07, 6.45) is -0.344. The first kappa shape index (κ1) is 23.7. The minimum absolute atomic E-state index is 0.0969. The van der Waals surface area contributed by atoms with E-state index in [-0.39, 0.29) is 11.4 Å². The van der Waals surface area contributed by atoms with Crippen molar-refractivity contribution in [2.75, 3.05) is 24.3 Å². The predicted molar refractivity (Wildman–Crippen MR) is 108 cm³/mol. The standard InChI is InChI=1S/C19H18F5N5O2S/c1-4-32-14-7-12(28(3)11(2)30)8-26-15(14)16-27-9-13-17(25-5-6-29(13)16)31-10-18(20,21)19(22,23)24/h5-9H,4,10H2,1-3H3. The van der Waals surface area contributed by atoms with E-state index < -0.39 is 24.6 Å². The van der Waals surface area contributed by atoms with Gasteiger partial charge in [0.2, 0.25) is 11.8 Å². The highest BCUT2D eigenvalue weighted by atomic mass is 32.2. The third kappa shape index (κ3) is 4.61. The molecular weight excluding hydrogens is 457 g/mol. The number of hydrogen-bond acceptors (Lipinski definition) is 6. The average molecular weight is 475 g/mol. The lowest BCUT2D eigenvalue weighted by Gasteiger charge is -2.19. The number of imidazole rings is 1. The van der Waals surface area contributed by atoms with Gasteiger partial charge in [0.25, 0.3) is 0 Å². The Labute approximate surface area is 183 Å². The lowest BCUT2D eigenvalue weighted by molar-refractivity contribution is -0.290. The van der Waals surface area contributed by atoms with E-state index in [9.17, 15) is 26.7 Å². The summed E-state index contributed by atoms with van der Waals surface area (Å²) in [4.78, 5) is 26.2. The van der Waals surface area contributed by atoms with E-state index in [0.717, 1.165) is 0 Å². The van der Waals surface area contributed by atoms with Crippen molar-refractivity contribution < 1.29 is 31.5 Å². The van der Waals surface area contributed by atoms with Gasteiger partial charge in [-0.05, 0) is 11.8 Å². The van der Waals surface area contributed by atoms with Crippen LogP contribution in [0.1, 0.15) is 13.8 Å². The Morgan fingerprint density at radius 3 is 2.53 bits per heavy atom. The lowest BCUT2D eigenvalue weighted by Crippen LogP contribution is -2.41. The van der Waals surface area contributed by atoms with Gasteiger partial charge in [-0.3, -0.25) is 9.20 Å². The highest BCUT2D eigenvalue weighted by Crippen LogP contribution is 2.37. The number of aromatic nitrogens is 4. The monoisotopic (exact) mass is 475 g/mol. The minimum Gasteiger partial charge on any atom is -0.469 e. The summed E-state index contributed by atoms with van der Waals surface area (Å²) in [6.45, 7) is 1.43. The van der Waals surface area contributed by atoms with E-state index in [2.05, 4.69) is 15.0 Å². The molecule has 0 aliphatic carbocycles. The van der Waals surface area contributed by atoms with Crippen LogP contribution in [0.4, 0.5) is 27.6 Å². The van der Waals surface area contributed by atoms with Gasteiger partial charge in [-0.15, -0.1) is 11.8 Å². The van der Waals surface area contributed by atoms with Crippen molar-refractivity contribution in [1.29, 1.82) is 0 Å². The van der Waals surface area contributed by atoms with Crippen LogP contribution in [0.3, 0.4) is 0 Å². The summed E-state index contributed by atoms with van der Waals surface area (Å²) >= 11 is 1.45. The quantitative estimate of drug-likeness (QED) is 0.371. The Bertz CT molecular complexity index is 1130. The topological polar surface area (TPSA) is 72.6 Å². The molecule has 0 saturated heterocycles. The first-order valence-electron chi connectivity index (χ1n) is 9.23. The number of alkyl halides is 5. The SMILES string of the molecule is CCSc1cc(N(C)C(C)=O)cnc1-c1ncc2c(OCC(F)(F)C(F)(F)F)nccn12. The number of hydrogen-bond donors (Lipinski definition) is 0. The molecule has 3 aromatic heterocycles. The number of carbonyl (C=O) groups is 1. The molecule has 3 heterocycles. The Kier molecular flexibility index (Phi) is 6.58. The van der Waals surface area contributed by atoms with Crippen molar-refractivity contribution in [1.82, 2.24) is 19.4 Å². The number of rotatable bonds is 7. The number of halogens is 5. The zero-order valence-corrected chi connectivity index (χ0v) is 18.0. The fourth-order valence-electron chi connectivity index (χ4n) is 2.66. The number of anilines is 1.